The maximum Gasteiger partial charge on any atom is 0.143 e. The molecule has 0 unspecified atom stereocenters. The van der Waals surface area contributed by atoms with E-state index in [2.05, 4.69) is 42.3 Å². The lowest BCUT2D eigenvalue weighted by Gasteiger charge is -2.35. The monoisotopic (exact) mass is 274 g/mol. The number of ether oxygens (including phenoxy) is 1. The summed E-state index contributed by atoms with van der Waals surface area (Å²) in [5.74, 6) is 1.06. The van der Waals surface area contributed by atoms with Crippen LogP contribution in [-0.2, 0) is 6.42 Å². The van der Waals surface area contributed by atoms with Gasteiger partial charge in [-0.25, -0.2) is 0 Å². The van der Waals surface area contributed by atoms with Gasteiger partial charge in [0.05, 0.1) is 5.69 Å². The highest BCUT2D eigenvalue weighted by Crippen LogP contribution is 2.33. The zero-order valence-electron chi connectivity index (χ0n) is 12.7. The first-order valence-corrected chi connectivity index (χ1v) is 8.00. The standard InChI is InChI=1S/C17H26N2O/c1-13(2)19-11-8-15(9-12-19)20-16-7-3-5-14-6-4-10-18-17(14)16/h3,5,7,13,15,18H,4,6,8-12H2,1-2H3. The van der Waals surface area contributed by atoms with Crippen molar-refractivity contribution in [3.8, 4) is 5.75 Å². The highest BCUT2D eigenvalue weighted by atomic mass is 16.5. The summed E-state index contributed by atoms with van der Waals surface area (Å²) in [4.78, 5) is 2.54. The number of benzene rings is 1. The Kier molecular flexibility index (Phi) is 4.16. The molecule has 1 aromatic carbocycles. The number of rotatable bonds is 3. The van der Waals surface area contributed by atoms with Crippen LogP contribution in [0, 0.1) is 0 Å². The van der Waals surface area contributed by atoms with Crippen molar-refractivity contribution in [2.75, 3.05) is 25.0 Å². The van der Waals surface area contributed by atoms with Crippen molar-refractivity contribution in [2.45, 2.75) is 51.7 Å². The molecular weight excluding hydrogens is 248 g/mol. The summed E-state index contributed by atoms with van der Waals surface area (Å²) in [5.41, 5.74) is 2.65. The molecule has 0 radical (unpaired) electrons. The molecule has 3 nitrogen and oxygen atoms in total. The summed E-state index contributed by atoms with van der Waals surface area (Å²) < 4.78 is 6.29. The van der Waals surface area contributed by atoms with Gasteiger partial charge in [-0.1, -0.05) is 12.1 Å². The molecule has 0 aliphatic carbocycles. The van der Waals surface area contributed by atoms with Crippen molar-refractivity contribution in [3.63, 3.8) is 0 Å². The Balaban J connectivity index is 1.64. The largest absolute Gasteiger partial charge is 0.488 e. The van der Waals surface area contributed by atoms with Crippen molar-refractivity contribution < 1.29 is 4.74 Å². The normalized spacial score (nSPS) is 20.6. The average molecular weight is 274 g/mol. The molecule has 2 heterocycles. The molecule has 1 N–H and O–H groups in total. The van der Waals surface area contributed by atoms with E-state index in [0.717, 1.165) is 38.2 Å². The van der Waals surface area contributed by atoms with Gasteiger partial charge in [0.25, 0.3) is 0 Å². The molecule has 20 heavy (non-hydrogen) atoms. The molecule has 0 bridgehead atoms. The minimum Gasteiger partial charge on any atom is -0.488 e. The van der Waals surface area contributed by atoms with Crippen molar-refractivity contribution in [3.05, 3.63) is 23.8 Å². The Hall–Kier alpha value is -1.22. The van der Waals surface area contributed by atoms with Crippen LogP contribution in [0.2, 0.25) is 0 Å². The summed E-state index contributed by atoms with van der Waals surface area (Å²) in [6.07, 6.45) is 5.05. The molecule has 2 aliphatic rings. The third-order valence-corrected chi connectivity index (χ3v) is 4.54. The van der Waals surface area contributed by atoms with Gasteiger partial charge in [0.15, 0.2) is 0 Å². The van der Waals surface area contributed by atoms with Gasteiger partial charge in [-0.05, 0) is 51.2 Å². The summed E-state index contributed by atoms with van der Waals surface area (Å²) in [6.45, 7) is 7.94. The lowest BCUT2D eigenvalue weighted by atomic mass is 10.0. The zero-order valence-corrected chi connectivity index (χ0v) is 12.7. The van der Waals surface area contributed by atoms with Crippen molar-refractivity contribution in [2.24, 2.45) is 0 Å². The molecule has 1 saturated heterocycles. The second-order valence-corrected chi connectivity index (χ2v) is 6.27. The fraction of sp³-hybridized carbons (Fsp3) is 0.647. The minimum atomic E-state index is 0.375. The molecule has 0 saturated carbocycles. The van der Waals surface area contributed by atoms with Crippen LogP contribution >= 0.6 is 0 Å². The second-order valence-electron chi connectivity index (χ2n) is 6.27. The number of para-hydroxylation sites is 1. The first-order chi connectivity index (χ1) is 9.74. The van der Waals surface area contributed by atoms with Crippen LogP contribution in [-0.4, -0.2) is 36.7 Å². The fourth-order valence-electron chi connectivity index (χ4n) is 3.27. The molecule has 3 heteroatoms. The predicted molar refractivity (Wildman–Crippen MR) is 83.6 cm³/mol. The fourth-order valence-corrected chi connectivity index (χ4v) is 3.27. The second kappa shape index (κ2) is 6.04. The topological polar surface area (TPSA) is 24.5 Å². The van der Waals surface area contributed by atoms with E-state index in [1.54, 1.807) is 0 Å². The maximum absolute atomic E-state index is 6.29. The molecule has 3 rings (SSSR count). The number of likely N-dealkylation sites (tertiary alicyclic amines) is 1. The van der Waals surface area contributed by atoms with E-state index in [-0.39, 0.29) is 0 Å². The molecule has 0 atom stereocenters. The molecule has 0 amide bonds. The van der Waals surface area contributed by atoms with Crippen molar-refractivity contribution >= 4 is 5.69 Å². The van der Waals surface area contributed by atoms with Gasteiger partial charge < -0.3 is 15.0 Å². The van der Waals surface area contributed by atoms with Gasteiger partial charge in [0, 0.05) is 25.7 Å². The third-order valence-electron chi connectivity index (χ3n) is 4.54. The number of nitrogens with one attached hydrogen (secondary N) is 1. The van der Waals surface area contributed by atoms with E-state index >= 15 is 0 Å². The third kappa shape index (κ3) is 2.93. The van der Waals surface area contributed by atoms with Gasteiger partial charge in [-0.3, -0.25) is 0 Å². The van der Waals surface area contributed by atoms with E-state index in [1.165, 1.54) is 24.1 Å². The molecule has 2 aliphatic heterocycles. The SMILES string of the molecule is CC(C)N1CCC(Oc2cccc3c2NCCC3)CC1. The van der Waals surface area contributed by atoms with Crippen LogP contribution in [0.25, 0.3) is 0 Å². The number of anilines is 1. The lowest BCUT2D eigenvalue weighted by molar-refractivity contribution is 0.0847. The number of nitrogens with zero attached hydrogens (tertiary/aromatic N) is 1. The van der Waals surface area contributed by atoms with Gasteiger partial charge in [0.2, 0.25) is 0 Å². The Morgan fingerprint density at radius 2 is 2.05 bits per heavy atom. The van der Waals surface area contributed by atoms with Gasteiger partial charge in [-0.15, -0.1) is 0 Å². The van der Waals surface area contributed by atoms with E-state index < -0.39 is 0 Å². The lowest BCUT2D eigenvalue weighted by Crippen LogP contribution is -2.41. The Bertz CT molecular complexity index is 450. The van der Waals surface area contributed by atoms with E-state index in [9.17, 15) is 0 Å². The zero-order chi connectivity index (χ0) is 13.9. The molecular formula is C17H26N2O. The number of aryl methyl sites for hydroxylation is 1. The van der Waals surface area contributed by atoms with Crippen molar-refractivity contribution in [1.82, 2.24) is 4.90 Å². The quantitative estimate of drug-likeness (QED) is 0.915. The molecule has 1 fully saturated rings. The summed E-state index contributed by atoms with van der Waals surface area (Å²) in [5, 5.41) is 3.51. The number of piperidine rings is 1. The summed E-state index contributed by atoms with van der Waals surface area (Å²) in [7, 11) is 0. The van der Waals surface area contributed by atoms with Crippen LogP contribution in [0.15, 0.2) is 18.2 Å². The average Bonchev–Trinajstić information content (AvgIpc) is 2.48. The predicted octanol–water partition coefficient (Wildman–Crippen LogP) is 3.30. The van der Waals surface area contributed by atoms with E-state index in [4.69, 9.17) is 4.74 Å². The van der Waals surface area contributed by atoms with Crippen molar-refractivity contribution in [1.29, 1.82) is 0 Å². The maximum atomic E-state index is 6.29. The molecule has 110 valence electrons. The van der Waals surface area contributed by atoms with E-state index in [1.807, 2.05) is 0 Å². The Morgan fingerprint density at radius 3 is 2.80 bits per heavy atom. The Morgan fingerprint density at radius 1 is 1.25 bits per heavy atom. The van der Waals surface area contributed by atoms with Crippen LogP contribution in [0.5, 0.6) is 5.75 Å². The highest BCUT2D eigenvalue weighted by molar-refractivity contribution is 5.63. The molecule has 0 aromatic heterocycles. The molecule has 1 aromatic rings. The van der Waals surface area contributed by atoms with Crippen LogP contribution in [0.1, 0.15) is 38.7 Å². The van der Waals surface area contributed by atoms with Gasteiger partial charge in [-0.2, -0.15) is 0 Å². The summed E-state index contributed by atoms with van der Waals surface area (Å²) in [6, 6.07) is 7.12. The number of hydrogen-bond acceptors (Lipinski definition) is 3. The van der Waals surface area contributed by atoms with Gasteiger partial charge in [0.1, 0.15) is 11.9 Å². The first-order valence-electron chi connectivity index (χ1n) is 8.00. The van der Waals surface area contributed by atoms with E-state index in [0.29, 0.717) is 12.1 Å². The minimum absolute atomic E-state index is 0.375. The first kappa shape index (κ1) is 13.7. The smallest absolute Gasteiger partial charge is 0.143 e. The molecule has 0 spiro atoms. The van der Waals surface area contributed by atoms with Crippen LogP contribution in [0.3, 0.4) is 0 Å². The number of fused-ring (bicyclic) bond motifs is 1. The highest BCUT2D eigenvalue weighted by Gasteiger charge is 2.23. The Labute approximate surface area is 122 Å². The van der Waals surface area contributed by atoms with Gasteiger partial charge >= 0.3 is 0 Å². The number of hydrogen-bond donors (Lipinski definition) is 1. The summed E-state index contributed by atoms with van der Waals surface area (Å²) >= 11 is 0. The van der Waals surface area contributed by atoms with Crippen LogP contribution < -0.4 is 10.1 Å². The van der Waals surface area contributed by atoms with Crippen LogP contribution in [0.4, 0.5) is 5.69 Å².